The second kappa shape index (κ2) is 9.26. The van der Waals surface area contributed by atoms with Crippen molar-refractivity contribution in [3.05, 3.63) is 41.3 Å². The van der Waals surface area contributed by atoms with Crippen molar-refractivity contribution in [3.63, 3.8) is 0 Å². The molecule has 0 saturated carbocycles. The highest BCUT2D eigenvalue weighted by molar-refractivity contribution is 7.98. The van der Waals surface area contributed by atoms with E-state index in [1.54, 1.807) is 0 Å². The number of thioether (sulfide) groups is 1. The summed E-state index contributed by atoms with van der Waals surface area (Å²) in [7, 11) is 0. The van der Waals surface area contributed by atoms with Gasteiger partial charge in [-0.05, 0) is 39.2 Å². The number of nitrogens with one attached hydrogen (secondary N) is 1. The van der Waals surface area contributed by atoms with Crippen LogP contribution in [0.2, 0.25) is 0 Å². The van der Waals surface area contributed by atoms with Gasteiger partial charge in [-0.15, -0.1) is 10.2 Å². The topological polar surface area (TPSA) is 77.2 Å². The second-order valence-electron chi connectivity index (χ2n) is 7.69. The Morgan fingerprint density at radius 3 is 2.70 bits per heavy atom. The van der Waals surface area contributed by atoms with E-state index in [4.69, 9.17) is 9.15 Å². The highest BCUT2D eigenvalue weighted by atomic mass is 32.2. The summed E-state index contributed by atoms with van der Waals surface area (Å²) in [5.41, 5.74) is 1.86. The Hall–Kier alpha value is -2.02. The average molecular weight is 392 g/mol. The maximum absolute atomic E-state index is 12.2. The van der Waals surface area contributed by atoms with Gasteiger partial charge in [-0.25, -0.2) is 4.79 Å². The third-order valence-corrected chi connectivity index (χ3v) is 4.91. The van der Waals surface area contributed by atoms with Gasteiger partial charge in [0.15, 0.2) is 0 Å². The number of hydrogen-bond donors (Lipinski definition) is 1. The lowest BCUT2D eigenvalue weighted by molar-refractivity contribution is 0.0474. The molecule has 2 atom stereocenters. The van der Waals surface area contributed by atoms with Gasteiger partial charge in [-0.3, -0.25) is 0 Å². The molecule has 0 saturated heterocycles. The van der Waals surface area contributed by atoms with Gasteiger partial charge < -0.3 is 14.5 Å². The molecule has 1 aromatic heterocycles. The van der Waals surface area contributed by atoms with Gasteiger partial charge in [-0.2, -0.15) is 0 Å². The van der Waals surface area contributed by atoms with Crippen molar-refractivity contribution >= 4 is 17.9 Å². The number of rotatable bonds is 7. The molecule has 2 rings (SSSR count). The molecule has 0 unspecified atom stereocenters. The summed E-state index contributed by atoms with van der Waals surface area (Å²) >= 11 is 1.48. The fourth-order valence-electron chi connectivity index (χ4n) is 2.47. The number of ether oxygens (including phenoxy) is 1. The summed E-state index contributed by atoms with van der Waals surface area (Å²) in [6.45, 7) is 11.6. The minimum Gasteiger partial charge on any atom is -0.444 e. The monoisotopic (exact) mass is 391 g/mol. The van der Waals surface area contributed by atoms with Crippen LogP contribution < -0.4 is 5.32 Å². The molecular formula is C20H29N3O3S. The molecule has 0 spiro atoms. The number of carbonyl (C=O) groups excluding carboxylic acids is 1. The largest absolute Gasteiger partial charge is 0.444 e. The van der Waals surface area contributed by atoms with E-state index in [1.165, 1.54) is 22.9 Å². The van der Waals surface area contributed by atoms with Crippen LogP contribution in [0, 0.1) is 12.8 Å². The molecule has 0 aliphatic rings. The molecule has 27 heavy (non-hydrogen) atoms. The number of benzene rings is 1. The summed E-state index contributed by atoms with van der Waals surface area (Å²) in [5, 5.41) is 11.6. The number of aromatic nitrogens is 2. The molecule has 1 aromatic carbocycles. The number of carbonyl (C=O) groups is 1. The van der Waals surface area contributed by atoms with Gasteiger partial charge in [0.25, 0.3) is 5.22 Å². The number of alkyl carbamates (subject to hydrolysis) is 1. The zero-order valence-electron chi connectivity index (χ0n) is 16.9. The lowest BCUT2D eigenvalue weighted by Gasteiger charge is -2.24. The van der Waals surface area contributed by atoms with Crippen molar-refractivity contribution in [2.24, 2.45) is 5.92 Å². The molecule has 6 nitrogen and oxygen atoms in total. The van der Waals surface area contributed by atoms with Crippen LogP contribution in [0.3, 0.4) is 0 Å². The SMILES string of the molecule is CC[C@@H](C)[C@@H](NC(=O)OC(C)(C)C)c1nnc(SCc2cccc(C)c2)o1. The van der Waals surface area contributed by atoms with Gasteiger partial charge in [0, 0.05) is 5.75 Å². The van der Waals surface area contributed by atoms with Gasteiger partial charge in [-0.1, -0.05) is 61.9 Å². The number of hydrogen-bond acceptors (Lipinski definition) is 6. The van der Waals surface area contributed by atoms with Crippen molar-refractivity contribution in [1.29, 1.82) is 0 Å². The van der Waals surface area contributed by atoms with E-state index in [0.29, 0.717) is 11.1 Å². The maximum atomic E-state index is 12.2. The number of nitrogens with zero attached hydrogens (tertiary/aromatic N) is 2. The third-order valence-electron chi connectivity index (χ3n) is 4.02. The molecule has 0 bridgehead atoms. The zero-order valence-corrected chi connectivity index (χ0v) is 17.7. The first kappa shape index (κ1) is 21.3. The summed E-state index contributed by atoms with van der Waals surface area (Å²) in [4.78, 5) is 12.2. The maximum Gasteiger partial charge on any atom is 0.408 e. The van der Waals surface area contributed by atoms with E-state index < -0.39 is 11.7 Å². The number of aryl methyl sites for hydroxylation is 1. The first-order valence-electron chi connectivity index (χ1n) is 9.19. The standard InChI is InChI=1S/C20H29N3O3S/c1-7-14(3)16(21-18(24)26-20(4,5)6)17-22-23-19(25-17)27-12-15-10-8-9-13(2)11-15/h8-11,14,16H,7,12H2,1-6H3,(H,21,24)/t14-,16-/m1/s1. The van der Waals surface area contributed by atoms with E-state index in [0.717, 1.165) is 12.2 Å². The first-order chi connectivity index (χ1) is 12.7. The van der Waals surface area contributed by atoms with Gasteiger partial charge in [0.05, 0.1) is 0 Å². The quantitative estimate of drug-likeness (QED) is 0.647. The molecule has 0 radical (unpaired) electrons. The molecule has 2 aromatic rings. The van der Waals surface area contributed by atoms with Crippen LogP contribution in [0.4, 0.5) is 4.79 Å². The molecule has 1 N–H and O–H groups in total. The van der Waals surface area contributed by atoms with Gasteiger partial charge in [0.1, 0.15) is 11.6 Å². The van der Waals surface area contributed by atoms with Crippen LogP contribution in [0.5, 0.6) is 0 Å². The molecule has 148 valence electrons. The number of amides is 1. The molecule has 0 aliphatic carbocycles. The highest BCUT2D eigenvalue weighted by Crippen LogP contribution is 2.28. The van der Waals surface area contributed by atoms with E-state index in [2.05, 4.69) is 47.6 Å². The Bertz CT molecular complexity index is 755. The molecule has 7 heteroatoms. The Morgan fingerprint density at radius 1 is 1.33 bits per heavy atom. The summed E-state index contributed by atoms with van der Waals surface area (Å²) in [6.07, 6.45) is 0.370. The third kappa shape index (κ3) is 6.90. The van der Waals surface area contributed by atoms with Crippen LogP contribution in [0.1, 0.15) is 64.1 Å². The van der Waals surface area contributed by atoms with E-state index in [-0.39, 0.29) is 12.0 Å². The first-order valence-corrected chi connectivity index (χ1v) is 10.2. The molecule has 0 fully saturated rings. The van der Waals surface area contributed by atoms with Crippen LogP contribution in [-0.4, -0.2) is 21.9 Å². The normalized spacial score (nSPS) is 13.9. The molecule has 1 amide bonds. The van der Waals surface area contributed by atoms with E-state index >= 15 is 0 Å². The van der Waals surface area contributed by atoms with E-state index in [1.807, 2.05) is 33.8 Å². The predicted molar refractivity (Wildman–Crippen MR) is 107 cm³/mol. The van der Waals surface area contributed by atoms with Crippen molar-refractivity contribution in [1.82, 2.24) is 15.5 Å². The van der Waals surface area contributed by atoms with Crippen molar-refractivity contribution in [2.75, 3.05) is 0 Å². The van der Waals surface area contributed by atoms with Gasteiger partial charge in [0.2, 0.25) is 5.89 Å². The molecule has 0 aliphatic heterocycles. The minimum absolute atomic E-state index is 0.132. The van der Waals surface area contributed by atoms with Crippen LogP contribution >= 0.6 is 11.8 Å². The zero-order chi connectivity index (χ0) is 20.0. The lowest BCUT2D eigenvalue weighted by atomic mass is 9.99. The van der Waals surface area contributed by atoms with Crippen LogP contribution in [-0.2, 0) is 10.5 Å². The van der Waals surface area contributed by atoms with Gasteiger partial charge >= 0.3 is 6.09 Å². The summed E-state index contributed by atoms with van der Waals surface area (Å²) in [6, 6.07) is 7.93. The Balaban J connectivity index is 2.05. The van der Waals surface area contributed by atoms with Crippen molar-refractivity contribution in [3.8, 4) is 0 Å². The van der Waals surface area contributed by atoms with E-state index in [9.17, 15) is 4.79 Å². The predicted octanol–water partition coefficient (Wildman–Crippen LogP) is 5.28. The lowest BCUT2D eigenvalue weighted by Crippen LogP contribution is -2.37. The molecule has 1 heterocycles. The van der Waals surface area contributed by atoms with Crippen molar-refractivity contribution < 1.29 is 13.9 Å². The fraction of sp³-hybridized carbons (Fsp3) is 0.550. The smallest absolute Gasteiger partial charge is 0.408 e. The molecular weight excluding hydrogens is 362 g/mol. The van der Waals surface area contributed by atoms with Crippen LogP contribution in [0.15, 0.2) is 33.9 Å². The Labute approximate surface area is 165 Å². The minimum atomic E-state index is -0.562. The summed E-state index contributed by atoms with van der Waals surface area (Å²) in [5.74, 6) is 1.28. The Kier molecular flexibility index (Phi) is 7.30. The Morgan fingerprint density at radius 2 is 2.07 bits per heavy atom. The van der Waals surface area contributed by atoms with Crippen LogP contribution in [0.25, 0.3) is 0 Å². The summed E-state index contributed by atoms with van der Waals surface area (Å²) < 4.78 is 11.2. The fourth-order valence-corrected chi connectivity index (χ4v) is 3.18. The average Bonchev–Trinajstić information content (AvgIpc) is 3.04. The van der Waals surface area contributed by atoms with Crippen molar-refractivity contribution in [2.45, 2.75) is 70.6 Å². The second-order valence-corrected chi connectivity index (χ2v) is 8.62. The highest BCUT2D eigenvalue weighted by Gasteiger charge is 2.28.